The van der Waals surface area contributed by atoms with Crippen LogP contribution in [0.25, 0.3) is 6.08 Å². The minimum absolute atomic E-state index is 0.0723. The number of amides is 1. The van der Waals surface area contributed by atoms with Crippen molar-refractivity contribution in [3.8, 4) is 0 Å². The highest BCUT2D eigenvalue weighted by atomic mass is 32.2. The Hall–Kier alpha value is -1.75. The predicted molar refractivity (Wildman–Crippen MR) is 70.1 cm³/mol. The number of nitrogens with one attached hydrogen (secondary N) is 1. The molecular formula is C12H13NO3S. The SMILES string of the molecule is CSCC(=O)Nc1cccc(C=CC(=O)O)c1. The molecule has 0 aliphatic rings. The second-order valence-electron chi connectivity index (χ2n) is 3.28. The molecule has 0 atom stereocenters. The molecule has 1 aromatic rings. The van der Waals surface area contributed by atoms with Crippen molar-refractivity contribution in [3.63, 3.8) is 0 Å². The predicted octanol–water partition coefficient (Wildman–Crippen LogP) is 2.09. The maximum Gasteiger partial charge on any atom is 0.328 e. The summed E-state index contributed by atoms with van der Waals surface area (Å²) in [6, 6.07) is 7.01. The second-order valence-corrected chi connectivity index (χ2v) is 4.14. The molecule has 0 bridgehead atoms. The molecule has 0 radical (unpaired) electrons. The van der Waals surface area contributed by atoms with Crippen LogP contribution in [0, 0.1) is 0 Å². The third-order valence-corrected chi connectivity index (χ3v) is 2.42. The molecule has 0 heterocycles. The smallest absolute Gasteiger partial charge is 0.328 e. The number of carbonyl (C=O) groups is 2. The summed E-state index contributed by atoms with van der Waals surface area (Å²) in [5.41, 5.74) is 1.39. The van der Waals surface area contributed by atoms with Crippen molar-refractivity contribution >= 4 is 35.4 Å². The Morgan fingerprint density at radius 1 is 1.47 bits per heavy atom. The summed E-state index contributed by atoms with van der Waals surface area (Å²) in [5, 5.41) is 11.2. The fourth-order valence-corrected chi connectivity index (χ4v) is 1.55. The van der Waals surface area contributed by atoms with Gasteiger partial charge in [-0.15, -0.1) is 0 Å². The van der Waals surface area contributed by atoms with Gasteiger partial charge in [0.25, 0.3) is 0 Å². The van der Waals surface area contributed by atoms with E-state index >= 15 is 0 Å². The molecule has 0 spiro atoms. The first-order valence-corrected chi connectivity index (χ1v) is 6.31. The second kappa shape index (κ2) is 6.75. The van der Waals surface area contributed by atoms with Gasteiger partial charge >= 0.3 is 5.97 Å². The maximum atomic E-state index is 11.3. The molecular weight excluding hydrogens is 238 g/mol. The first-order chi connectivity index (χ1) is 8.11. The number of carbonyl (C=O) groups excluding carboxylic acids is 1. The molecule has 0 aliphatic heterocycles. The lowest BCUT2D eigenvalue weighted by molar-refractivity contribution is -0.131. The summed E-state index contributed by atoms with van der Waals surface area (Å²) in [4.78, 5) is 21.7. The van der Waals surface area contributed by atoms with E-state index in [9.17, 15) is 9.59 Å². The van der Waals surface area contributed by atoms with Gasteiger partial charge in [-0.25, -0.2) is 4.79 Å². The van der Waals surface area contributed by atoms with Crippen LogP contribution in [0.2, 0.25) is 0 Å². The molecule has 17 heavy (non-hydrogen) atoms. The number of carboxylic acid groups (broad SMARTS) is 1. The summed E-state index contributed by atoms with van der Waals surface area (Å²) in [6.45, 7) is 0. The first kappa shape index (κ1) is 13.3. The molecule has 0 fully saturated rings. The van der Waals surface area contributed by atoms with Crippen LogP contribution in [0.4, 0.5) is 5.69 Å². The molecule has 0 aliphatic carbocycles. The standard InChI is InChI=1S/C12H13NO3S/c1-17-8-11(14)13-10-4-2-3-9(7-10)5-6-12(15)16/h2-7H,8H2,1H3,(H,13,14)(H,15,16). The van der Waals surface area contributed by atoms with Gasteiger partial charge in [-0.1, -0.05) is 12.1 Å². The normalized spacial score (nSPS) is 10.4. The van der Waals surface area contributed by atoms with E-state index in [-0.39, 0.29) is 5.91 Å². The Balaban J connectivity index is 2.72. The van der Waals surface area contributed by atoms with Crippen LogP contribution in [0.1, 0.15) is 5.56 Å². The zero-order valence-electron chi connectivity index (χ0n) is 9.34. The number of hydrogen-bond acceptors (Lipinski definition) is 3. The highest BCUT2D eigenvalue weighted by molar-refractivity contribution is 7.99. The average molecular weight is 251 g/mol. The van der Waals surface area contributed by atoms with Crippen molar-refractivity contribution in [3.05, 3.63) is 35.9 Å². The molecule has 0 saturated carbocycles. The van der Waals surface area contributed by atoms with Gasteiger partial charge in [-0.05, 0) is 30.0 Å². The van der Waals surface area contributed by atoms with E-state index in [0.29, 0.717) is 11.4 Å². The minimum Gasteiger partial charge on any atom is -0.478 e. The Morgan fingerprint density at radius 2 is 2.24 bits per heavy atom. The minimum atomic E-state index is -0.998. The lowest BCUT2D eigenvalue weighted by Crippen LogP contribution is -2.13. The van der Waals surface area contributed by atoms with E-state index in [4.69, 9.17) is 5.11 Å². The Labute approximate surface area is 104 Å². The van der Waals surface area contributed by atoms with E-state index in [1.807, 2.05) is 6.26 Å². The first-order valence-electron chi connectivity index (χ1n) is 4.91. The monoisotopic (exact) mass is 251 g/mol. The molecule has 2 N–H and O–H groups in total. The summed E-state index contributed by atoms with van der Waals surface area (Å²) in [5.74, 6) is -0.673. The zero-order valence-corrected chi connectivity index (χ0v) is 10.2. The molecule has 1 aromatic carbocycles. The number of aliphatic carboxylic acids is 1. The highest BCUT2D eigenvalue weighted by Gasteiger charge is 2.00. The molecule has 4 nitrogen and oxygen atoms in total. The number of rotatable bonds is 5. The van der Waals surface area contributed by atoms with Crippen LogP contribution in [0.3, 0.4) is 0 Å². The van der Waals surface area contributed by atoms with Gasteiger partial charge < -0.3 is 10.4 Å². The maximum absolute atomic E-state index is 11.3. The molecule has 1 amide bonds. The van der Waals surface area contributed by atoms with Crippen LogP contribution < -0.4 is 5.32 Å². The molecule has 0 aromatic heterocycles. The zero-order chi connectivity index (χ0) is 12.7. The lowest BCUT2D eigenvalue weighted by Gasteiger charge is -2.04. The van der Waals surface area contributed by atoms with E-state index in [1.54, 1.807) is 24.3 Å². The van der Waals surface area contributed by atoms with Gasteiger partial charge in [-0.2, -0.15) is 11.8 Å². The van der Waals surface area contributed by atoms with Crippen LogP contribution in [0.5, 0.6) is 0 Å². The fourth-order valence-electron chi connectivity index (χ4n) is 1.22. The molecule has 0 saturated heterocycles. The Kier molecular flexibility index (Phi) is 5.29. The van der Waals surface area contributed by atoms with E-state index in [1.165, 1.54) is 17.8 Å². The summed E-state index contributed by atoms with van der Waals surface area (Å²) < 4.78 is 0. The van der Waals surface area contributed by atoms with E-state index in [0.717, 1.165) is 11.6 Å². The third kappa shape index (κ3) is 5.21. The average Bonchev–Trinajstić information content (AvgIpc) is 2.27. The van der Waals surface area contributed by atoms with Crippen molar-refractivity contribution in [2.45, 2.75) is 0 Å². The largest absolute Gasteiger partial charge is 0.478 e. The number of carboxylic acids is 1. The van der Waals surface area contributed by atoms with Gasteiger partial charge in [0.05, 0.1) is 5.75 Å². The molecule has 1 rings (SSSR count). The van der Waals surface area contributed by atoms with Gasteiger partial charge in [0, 0.05) is 11.8 Å². The number of thioether (sulfide) groups is 1. The van der Waals surface area contributed by atoms with Crippen LogP contribution in [0.15, 0.2) is 30.3 Å². The van der Waals surface area contributed by atoms with Gasteiger partial charge in [0.2, 0.25) is 5.91 Å². The van der Waals surface area contributed by atoms with Crippen LogP contribution >= 0.6 is 11.8 Å². The number of hydrogen-bond donors (Lipinski definition) is 2. The summed E-state index contributed by atoms with van der Waals surface area (Å²) >= 11 is 1.44. The van der Waals surface area contributed by atoms with Crippen LogP contribution in [-0.4, -0.2) is 29.0 Å². The lowest BCUT2D eigenvalue weighted by atomic mass is 10.2. The third-order valence-electron chi connectivity index (χ3n) is 1.86. The highest BCUT2D eigenvalue weighted by Crippen LogP contribution is 2.12. The van der Waals surface area contributed by atoms with Gasteiger partial charge in [0.1, 0.15) is 0 Å². The Morgan fingerprint density at radius 3 is 2.88 bits per heavy atom. The quantitative estimate of drug-likeness (QED) is 0.786. The molecule has 5 heteroatoms. The van der Waals surface area contributed by atoms with E-state index < -0.39 is 5.97 Å². The van der Waals surface area contributed by atoms with Crippen molar-refractivity contribution in [2.24, 2.45) is 0 Å². The van der Waals surface area contributed by atoms with Crippen molar-refractivity contribution in [2.75, 3.05) is 17.3 Å². The summed E-state index contributed by atoms with van der Waals surface area (Å²) in [7, 11) is 0. The fraction of sp³-hybridized carbons (Fsp3) is 0.167. The molecule has 0 unspecified atom stereocenters. The summed E-state index contributed by atoms with van der Waals surface area (Å²) in [6.07, 6.45) is 4.39. The van der Waals surface area contributed by atoms with Gasteiger partial charge in [0.15, 0.2) is 0 Å². The number of anilines is 1. The Bertz CT molecular complexity index is 443. The molecule has 90 valence electrons. The van der Waals surface area contributed by atoms with Crippen molar-refractivity contribution in [1.29, 1.82) is 0 Å². The topological polar surface area (TPSA) is 66.4 Å². The van der Waals surface area contributed by atoms with E-state index in [2.05, 4.69) is 5.32 Å². The van der Waals surface area contributed by atoms with Crippen molar-refractivity contribution < 1.29 is 14.7 Å². The van der Waals surface area contributed by atoms with Crippen LogP contribution in [-0.2, 0) is 9.59 Å². The van der Waals surface area contributed by atoms with Crippen molar-refractivity contribution in [1.82, 2.24) is 0 Å². The van der Waals surface area contributed by atoms with Gasteiger partial charge in [-0.3, -0.25) is 4.79 Å². The number of benzene rings is 1.